The molecule has 0 fully saturated rings. The van der Waals surface area contributed by atoms with Gasteiger partial charge in [0.1, 0.15) is 11.3 Å². The fraction of sp³-hybridized carbons (Fsp3) is 0.208. The van der Waals surface area contributed by atoms with Crippen LogP contribution in [-0.4, -0.2) is 37.5 Å². The second-order valence-corrected chi connectivity index (χ2v) is 6.71. The van der Waals surface area contributed by atoms with Crippen molar-refractivity contribution in [3.8, 4) is 17.2 Å². The zero-order valence-electron chi connectivity index (χ0n) is 18.2. The molecule has 166 valence electrons. The van der Waals surface area contributed by atoms with Gasteiger partial charge in [-0.3, -0.25) is 9.59 Å². The molecule has 0 saturated heterocycles. The van der Waals surface area contributed by atoms with Gasteiger partial charge in [-0.2, -0.15) is 5.10 Å². The van der Waals surface area contributed by atoms with Gasteiger partial charge in [0.25, 0.3) is 11.5 Å². The van der Waals surface area contributed by atoms with Crippen LogP contribution < -0.4 is 25.2 Å². The number of ether oxygens (including phenoxy) is 3. The Morgan fingerprint density at radius 3 is 2.53 bits per heavy atom. The molecule has 1 heterocycles. The molecule has 1 aromatic heterocycles. The first-order valence-corrected chi connectivity index (χ1v) is 10.0. The summed E-state index contributed by atoms with van der Waals surface area (Å²) in [5.74, 6) is 1.22. The van der Waals surface area contributed by atoms with E-state index < -0.39 is 11.5 Å². The summed E-state index contributed by atoms with van der Waals surface area (Å²) in [5.41, 5.74) is 3.52. The number of hydrogen-bond acceptors (Lipinski definition) is 6. The van der Waals surface area contributed by atoms with Gasteiger partial charge in [0.15, 0.2) is 11.5 Å². The zero-order valence-corrected chi connectivity index (χ0v) is 18.2. The van der Waals surface area contributed by atoms with Gasteiger partial charge in [-0.25, -0.2) is 5.43 Å². The molecule has 0 aliphatic rings. The first kappa shape index (κ1) is 22.6. The van der Waals surface area contributed by atoms with Gasteiger partial charge in [0.2, 0.25) is 0 Å². The molecule has 0 radical (unpaired) electrons. The quantitative estimate of drug-likeness (QED) is 0.412. The minimum atomic E-state index is -0.602. The maximum Gasteiger partial charge on any atom is 0.276 e. The predicted octanol–water partition coefficient (Wildman–Crippen LogP) is 3.08. The summed E-state index contributed by atoms with van der Waals surface area (Å²) in [7, 11) is 3.12. The van der Waals surface area contributed by atoms with Crippen molar-refractivity contribution >= 4 is 12.1 Å². The normalized spacial score (nSPS) is 10.7. The third kappa shape index (κ3) is 5.34. The van der Waals surface area contributed by atoms with Crippen molar-refractivity contribution < 1.29 is 19.0 Å². The molecule has 0 spiro atoms. The van der Waals surface area contributed by atoms with E-state index in [1.807, 2.05) is 31.2 Å². The molecule has 2 aromatic carbocycles. The summed E-state index contributed by atoms with van der Waals surface area (Å²) in [6.45, 7) is 2.70. The van der Waals surface area contributed by atoms with Gasteiger partial charge < -0.3 is 18.8 Å². The first-order valence-electron chi connectivity index (χ1n) is 10.0. The molecule has 3 rings (SSSR count). The van der Waals surface area contributed by atoms with E-state index in [1.54, 1.807) is 37.6 Å². The number of amides is 1. The summed E-state index contributed by atoms with van der Waals surface area (Å²) in [6.07, 6.45) is 3.08. The van der Waals surface area contributed by atoms with Crippen molar-refractivity contribution in [2.75, 3.05) is 20.8 Å². The van der Waals surface area contributed by atoms with Crippen LogP contribution in [0.4, 0.5) is 0 Å². The Hall–Kier alpha value is -4.07. The number of nitrogens with zero attached hydrogens (tertiary/aromatic N) is 2. The standard InChI is InChI=1S/C24H25N3O5/c1-4-32-21-9-5-7-18(22(21)31-3)15-25-26-23(28)20-8-6-14-27(24(20)29)16-17-10-12-19(30-2)13-11-17/h5-15H,4,16H2,1-3H3,(H,26,28)/b25-15-. The number of aromatic nitrogens is 1. The molecular weight excluding hydrogens is 410 g/mol. The van der Waals surface area contributed by atoms with Crippen molar-refractivity contribution in [1.82, 2.24) is 9.99 Å². The summed E-state index contributed by atoms with van der Waals surface area (Å²) in [5, 5.41) is 3.98. The lowest BCUT2D eigenvalue weighted by molar-refractivity contribution is 0.0953. The average molecular weight is 435 g/mol. The third-order valence-corrected chi connectivity index (χ3v) is 4.66. The van der Waals surface area contributed by atoms with Crippen molar-refractivity contribution in [2.24, 2.45) is 5.10 Å². The smallest absolute Gasteiger partial charge is 0.276 e. The van der Waals surface area contributed by atoms with E-state index >= 15 is 0 Å². The number of carbonyl (C=O) groups is 1. The maximum absolute atomic E-state index is 12.8. The van der Waals surface area contributed by atoms with E-state index in [0.717, 1.165) is 11.3 Å². The van der Waals surface area contributed by atoms with E-state index in [2.05, 4.69) is 10.5 Å². The van der Waals surface area contributed by atoms with Gasteiger partial charge in [0, 0.05) is 11.8 Å². The highest BCUT2D eigenvalue weighted by molar-refractivity contribution is 5.94. The van der Waals surface area contributed by atoms with E-state index in [-0.39, 0.29) is 5.56 Å². The maximum atomic E-state index is 12.8. The number of methoxy groups -OCH3 is 2. The van der Waals surface area contributed by atoms with Crippen LogP contribution in [0.1, 0.15) is 28.4 Å². The lowest BCUT2D eigenvalue weighted by Gasteiger charge is -2.11. The van der Waals surface area contributed by atoms with E-state index in [1.165, 1.54) is 24.0 Å². The molecular formula is C24H25N3O5. The Kier molecular flexibility index (Phi) is 7.64. The molecule has 8 nitrogen and oxygen atoms in total. The highest BCUT2D eigenvalue weighted by Gasteiger charge is 2.12. The number of rotatable bonds is 9. The molecule has 3 aromatic rings. The van der Waals surface area contributed by atoms with Gasteiger partial charge in [-0.1, -0.05) is 18.2 Å². The number of pyridine rings is 1. The molecule has 0 aliphatic heterocycles. The topological polar surface area (TPSA) is 91.1 Å². The molecule has 0 saturated carbocycles. The minimum Gasteiger partial charge on any atom is -0.497 e. The van der Waals surface area contributed by atoms with Crippen LogP contribution in [0.3, 0.4) is 0 Å². The molecule has 0 aliphatic carbocycles. The van der Waals surface area contributed by atoms with Gasteiger partial charge in [-0.05, 0) is 48.9 Å². The lowest BCUT2D eigenvalue weighted by atomic mass is 10.2. The molecule has 32 heavy (non-hydrogen) atoms. The van der Waals surface area contributed by atoms with Crippen LogP contribution in [0.25, 0.3) is 0 Å². The lowest BCUT2D eigenvalue weighted by Crippen LogP contribution is -2.30. The van der Waals surface area contributed by atoms with E-state index in [4.69, 9.17) is 14.2 Å². The summed E-state index contributed by atoms with van der Waals surface area (Å²) in [4.78, 5) is 25.3. The van der Waals surface area contributed by atoms with Gasteiger partial charge in [-0.15, -0.1) is 0 Å². The Bertz CT molecular complexity index is 1150. The van der Waals surface area contributed by atoms with Crippen molar-refractivity contribution in [1.29, 1.82) is 0 Å². The Morgan fingerprint density at radius 1 is 1.06 bits per heavy atom. The number of carbonyl (C=O) groups excluding carboxylic acids is 1. The fourth-order valence-corrected chi connectivity index (χ4v) is 3.10. The number of hydrogen-bond donors (Lipinski definition) is 1. The number of benzene rings is 2. The minimum absolute atomic E-state index is 0.00630. The second kappa shape index (κ2) is 10.8. The fourth-order valence-electron chi connectivity index (χ4n) is 3.10. The number of nitrogens with one attached hydrogen (secondary N) is 1. The highest BCUT2D eigenvalue weighted by atomic mass is 16.5. The SMILES string of the molecule is CCOc1cccc(/C=N\NC(=O)c2cccn(Cc3ccc(OC)cc3)c2=O)c1OC. The molecule has 1 N–H and O–H groups in total. The summed E-state index contributed by atoms with van der Waals surface area (Å²) < 4.78 is 17.5. The Labute approximate surface area is 186 Å². The molecule has 0 unspecified atom stereocenters. The molecule has 1 amide bonds. The summed E-state index contributed by atoms with van der Waals surface area (Å²) >= 11 is 0. The van der Waals surface area contributed by atoms with Gasteiger partial charge >= 0.3 is 0 Å². The van der Waals surface area contributed by atoms with Crippen LogP contribution in [0, 0.1) is 0 Å². The number of hydrazone groups is 1. The van der Waals surface area contributed by atoms with Crippen molar-refractivity contribution in [3.63, 3.8) is 0 Å². The Morgan fingerprint density at radius 2 is 1.84 bits per heavy atom. The molecule has 0 bridgehead atoms. The predicted molar refractivity (Wildman–Crippen MR) is 122 cm³/mol. The second-order valence-electron chi connectivity index (χ2n) is 6.71. The van der Waals surface area contributed by atoms with Crippen LogP contribution in [0.5, 0.6) is 17.2 Å². The zero-order chi connectivity index (χ0) is 22.9. The largest absolute Gasteiger partial charge is 0.497 e. The van der Waals surface area contributed by atoms with E-state index in [0.29, 0.717) is 30.2 Å². The highest BCUT2D eigenvalue weighted by Crippen LogP contribution is 2.29. The van der Waals surface area contributed by atoms with Crippen molar-refractivity contribution in [3.05, 3.63) is 87.8 Å². The third-order valence-electron chi connectivity index (χ3n) is 4.66. The molecule has 8 heteroatoms. The number of para-hydroxylation sites is 1. The van der Waals surface area contributed by atoms with Crippen LogP contribution in [-0.2, 0) is 6.54 Å². The Balaban J connectivity index is 1.74. The van der Waals surface area contributed by atoms with Crippen LogP contribution in [0.2, 0.25) is 0 Å². The van der Waals surface area contributed by atoms with Gasteiger partial charge in [0.05, 0.1) is 33.6 Å². The monoisotopic (exact) mass is 435 g/mol. The average Bonchev–Trinajstić information content (AvgIpc) is 2.81. The molecule has 0 atom stereocenters. The first-order chi connectivity index (χ1) is 15.6. The van der Waals surface area contributed by atoms with Crippen LogP contribution in [0.15, 0.2) is 70.7 Å². The van der Waals surface area contributed by atoms with Crippen LogP contribution >= 0.6 is 0 Å². The van der Waals surface area contributed by atoms with Crippen molar-refractivity contribution in [2.45, 2.75) is 13.5 Å². The van der Waals surface area contributed by atoms with E-state index in [9.17, 15) is 9.59 Å². The summed E-state index contributed by atoms with van der Waals surface area (Å²) in [6, 6.07) is 15.9.